The van der Waals surface area contributed by atoms with E-state index in [4.69, 9.17) is 9.47 Å². The van der Waals surface area contributed by atoms with Gasteiger partial charge in [-0.25, -0.2) is 0 Å². The highest BCUT2D eigenvalue weighted by Crippen LogP contribution is 2.42. The lowest BCUT2D eigenvalue weighted by atomic mass is 9.89. The highest BCUT2D eigenvalue weighted by Gasteiger charge is 2.49. The van der Waals surface area contributed by atoms with Crippen molar-refractivity contribution in [3.63, 3.8) is 0 Å². The molecular weight excluding hydrogens is 301 g/mol. The van der Waals surface area contributed by atoms with Crippen LogP contribution in [0.15, 0.2) is 18.2 Å². The van der Waals surface area contributed by atoms with Gasteiger partial charge in [0, 0.05) is 0 Å². The molecule has 1 aromatic carbocycles. The van der Waals surface area contributed by atoms with Gasteiger partial charge in [0.25, 0.3) is 0 Å². The smallest absolute Gasteiger partial charge is 0.416 e. The Morgan fingerprint density at radius 3 is 2.55 bits per heavy atom. The number of rotatable bonds is 4. The summed E-state index contributed by atoms with van der Waals surface area (Å²) in [4.78, 5) is 24.1. The quantitative estimate of drug-likeness (QED) is 0.799. The normalized spacial score (nSPS) is 20.5. The molecule has 1 atom stereocenters. The molecule has 1 heterocycles. The van der Waals surface area contributed by atoms with Crippen molar-refractivity contribution in [3.05, 3.63) is 29.3 Å². The number of hydrogen-bond donors (Lipinski definition) is 0. The van der Waals surface area contributed by atoms with Crippen molar-refractivity contribution >= 4 is 11.8 Å². The summed E-state index contributed by atoms with van der Waals surface area (Å²) in [5, 5.41) is 0. The maximum Gasteiger partial charge on any atom is 0.416 e. The number of carbonyl (C=O) groups excluding carboxylic acids is 2. The molecule has 1 unspecified atom stereocenters. The Labute approximate surface area is 125 Å². The van der Waals surface area contributed by atoms with Crippen LogP contribution >= 0.6 is 0 Å². The van der Waals surface area contributed by atoms with Gasteiger partial charge in [-0.3, -0.25) is 9.59 Å². The number of Topliss-reactive ketones (excluding diaryl/α,β-unsaturated/α-hetero) is 1. The standard InChI is InChI=1S/C15H15F3O4/c1-3-14(8-12(19)21-4-2)13(20)10-6-5-9(15(16,17)18)7-11(10)22-14/h5-7H,3-4,8H2,1-2H3. The number of ether oxygens (including phenoxy) is 2. The lowest BCUT2D eigenvalue weighted by molar-refractivity contribution is -0.146. The SMILES string of the molecule is CCOC(=O)CC1(CC)Oc2cc(C(F)(F)F)ccc2C1=O. The van der Waals surface area contributed by atoms with Crippen LogP contribution in [-0.2, 0) is 15.7 Å². The molecule has 0 aliphatic carbocycles. The van der Waals surface area contributed by atoms with E-state index in [-0.39, 0.29) is 30.8 Å². The molecule has 0 amide bonds. The van der Waals surface area contributed by atoms with Gasteiger partial charge in [-0.2, -0.15) is 13.2 Å². The molecule has 1 aromatic rings. The number of ketones is 1. The molecule has 1 aliphatic rings. The predicted octanol–water partition coefficient (Wildman–Crippen LogP) is 3.38. The molecule has 0 spiro atoms. The Morgan fingerprint density at radius 2 is 2.00 bits per heavy atom. The molecule has 120 valence electrons. The van der Waals surface area contributed by atoms with E-state index in [1.807, 2.05) is 0 Å². The van der Waals surface area contributed by atoms with Crippen LogP contribution in [0.2, 0.25) is 0 Å². The van der Waals surface area contributed by atoms with Gasteiger partial charge in [0.15, 0.2) is 5.60 Å². The summed E-state index contributed by atoms with van der Waals surface area (Å²) in [6.07, 6.45) is -4.70. The van der Waals surface area contributed by atoms with Crippen LogP contribution in [0.3, 0.4) is 0 Å². The lowest BCUT2D eigenvalue weighted by Gasteiger charge is -2.24. The Bertz CT molecular complexity index is 609. The second-order valence-corrected chi connectivity index (χ2v) is 4.97. The summed E-state index contributed by atoms with van der Waals surface area (Å²) in [7, 11) is 0. The summed E-state index contributed by atoms with van der Waals surface area (Å²) < 4.78 is 48.4. The fourth-order valence-corrected chi connectivity index (χ4v) is 2.39. The Morgan fingerprint density at radius 1 is 1.32 bits per heavy atom. The first-order chi connectivity index (χ1) is 10.2. The fraction of sp³-hybridized carbons (Fsp3) is 0.467. The van der Waals surface area contributed by atoms with Crippen molar-refractivity contribution in [1.29, 1.82) is 0 Å². The summed E-state index contributed by atoms with van der Waals surface area (Å²) >= 11 is 0. The molecule has 7 heteroatoms. The summed E-state index contributed by atoms with van der Waals surface area (Å²) in [6.45, 7) is 3.41. The van der Waals surface area contributed by atoms with E-state index in [1.54, 1.807) is 13.8 Å². The minimum atomic E-state index is -4.53. The average Bonchev–Trinajstić information content (AvgIpc) is 2.71. The molecule has 0 saturated carbocycles. The van der Waals surface area contributed by atoms with Crippen molar-refractivity contribution in [2.45, 2.75) is 38.5 Å². The third-order valence-corrected chi connectivity index (χ3v) is 3.58. The lowest BCUT2D eigenvalue weighted by Crippen LogP contribution is -2.42. The first-order valence-electron chi connectivity index (χ1n) is 6.84. The first kappa shape index (κ1) is 16.3. The second-order valence-electron chi connectivity index (χ2n) is 4.97. The zero-order chi connectivity index (χ0) is 16.5. The first-order valence-corrected chi connectivity index (χ1v) is 6.84. The fourth-order valence-electron chi connectivity index (χ4n) is 2.39. The number of halogens is 3. The van der Waals surface area contributed by atoms with E-state index >= 15 is 0 Å². The largest absolute Gasteiger partial charge is 0.478 e. The molecule has 0 radical (unpaired) electrons. The molecule has 0 fully saturated rings. The summed E-state index contributed by atoms with van der Waals surface area (Å²) in [6, 6.07) is 2.70. The van der Waals surface area contributed by atoms with E-state index in [0.717, 1.165) is 18.2 Å². The van der Waals surface area contributed by atoms with Crippen LogP contribution in [-0.4, -0.2) is 24.0 Å². The van der Waals surface area contributed by atoms with Crippen LogP contribution in [0.5, 0.6) is 5.75 Å². The van der Waals surface area contributed by atoms with Gasteiger partial charge in [-0.15, -0.1) is 0 Å². The van der Waals surface area contributed by atoms with Crippen LogP contribution in [0.25, 0.3) is 0 Å². The van der Waals surface area contributed by atoms with E-state index in [0.29, 0.717) is 0 Å². The van der Waals surface area contributed by atoms with E-state index in [9.17, 15) is 22.8 Å². The monoisotopic (exact) mass is 316 g/mol. The number of esters is 1. The van der Waals surface area contributed by atoms with E-state index < -0.39 is 29.1 Å². The van der Waals surface area contributed by atoms with E-state index in [2.05, 4.69) is 0 Å². The van der Waals surface area contributed by atoms with Crippen LogP contribution < -0.4 is 4.74 Å². The van der Waals surface area contributed by atoms with Gasteiger partial charge < -0.3 is 9.47 Å². The number of carbonyl (C=O) groups is 2. The molecular formula is C15H15F3O4. The zero-order valence-corrected chi connectivity index (χ0v) is 12.1. The highest BCUT2D eigenvalue weighted by molar-refractivity contribution is 6.09. The average molecular weight is 316 g/mol. The number of fused-ring (bicyclic) bond motifs is 1. The molecule has 0 bridgehead atoms. The molecule has 0 saturated heterocycles. The van der Waals surface area contributed by atoms with Gasteiger partial charge in [0.05, 0.1) is 24.2 Å². The zero-order valence-electron chi connectivity index (χ0n) is 12.1. The van der Waals surface area contributed by atoms with Gasteiger partial charge in [-0.05, 0) is 31.5 Å². The Hall–Kier alpha value is -2.05. The Balaban J connectivity index is 2.35. The van der Waals surface area contributed by atoms with Gasteiger partial charge in [0.2, 0.25) is 5.78 Å². The van der Waals surface area contributed by atoms with Crippen LogP contribution in [0.1, 0.15) is 42.6 Å². The molecule has 1 aliphatic heterocycles. The summed E-state index contributed by atoms with van der Waals surface area (Å²) in [5.41, 5.74) is -2.33. The number of hydrogen-bond acceptors (Lipinski definition) is 4. The molecule has 2 rings (SSSR count). The van der Waals surface area contributed by atoms with Crippen molar-refractivity contribution in [2.24, 2.45) is 0 Å². The van der Waals surface area contributed by atoms with Crippen molar-refractivity contribution < 1.29 is 32.2 Å². The number of benzene rings is 1. The Kier molecular flexibility index (Phi) is 4.17. The molecule has 22 heavy (non-hydrogen) atoms. The summed E-state index contributed by atoms with van der Waals surface area (Å²) in [5.74, 6) is -1.26. The van der Waals surface area contributed by atoms with Crippen molar-refractivity contribution in [1.82, 2.24) is 0 Å². The molecule has 4 nitrogen and oxygen atoms in total. The highest BCUT2D eigenvalue weighted by atomic mass is 19.4. The van der Waals surface area contributed by atoms with Crippen molar-refractivity contribution in [2.75, 3.05) is 6.61 Å². The minimum Gasteiger partial charge on any atom is -0.478 e. The van der Waals surface area contributed by atoms with Gasteiger partial charge in [-0.1, -0.05) is 6.92 Å². The van der Waals surface area contributed by atoms with E-state index in [1.165, 1.54) is 0 Å². The predicted molar refractivity (Wildman–Crippen MR) is 70.7 cm³/mol. The third kappa shape index (κ3) is 2.80. The van der Waals surface area contributed by atoms with Gasteiger partial charge in [0.1, 0.15) is 5.75 Å². The molecule has 0 N–H and O–H groups in total. The maximum absolute atomic E-state index is 12.7. The van der Waals surface area contributed by atoms with Crippen molar-refractivity contribution in [3.8, 4) is 5.75 Å². The number of alkyl halides is 3. The minimum absolute atomic E-state index is 0.0548. The topological polar surface area (TPSA) is 52.6 Å². The molecule has 0 aromatic heterocycles. The maximum atomic E-state index is 12.7. The third-order valence-electron chi connectivity index (χ3n) is 3.58. The second kappa shape index (κ2) is 5.62. The van der Waals surface area contributed by atoms with Crippen LogP contribution in [0, 0.1) is 0 Å². The van der Waals surface area contributed by atoms with Crippen LogP contribution in [0.4, 0.5) is 13.2 Å². The van der Waals surface area contributed by atoms with Gasteiger partial charge >= 0.3 is 12.1 Å².